The molecule has 0 fully saturated rings. The number of carbonyl (C=O) groups excluding carboxylic acids is 1. The molecule has 4 rings (SSSR count). The molecule has 0 saturated heterocycles. The van der Waals surface area contributed by atoms with E-state index >= 15 is 0 Å². The molecular formula is C24H22FN3O5S. The summed E-state index contributed by atoms with van der Waals surface area (Å²) >= 11 is 0. The second-order valence-corrected chi connectivity index (χ2v) is 9.73. The van der Waals surface area contributed by atoms with Gasteiger partial charge >= 0.3 is 0 Å². The molecule has 0 aliphatic rings. The van der Waals surface area contributed by atoms with Crippen LogP contribution in [0, 0.1) is 12.7 Å². The third kappa shape index (κ3) is 4.82. The molecule has 1 N–H and O–H groups in total. The van der Waals surface area contributed by atoms with E-state index in [-0.39, 0.29) is 23.1 Å². The molecule has 8 nitrogen and oxygen atoms in total. The van der Waals surface area contributed by atoms with Gasteiger partial charge in [-0.3, -0.25) is 18.3 Å². The first-order valence-electron chi connectivity index (χ1n) is 10.4. The molecule has 2 aromatic carbocycles. The minimum Gasteiger partial charge on any atom is -0.347 e. The molecule has 0 radical (unpaired) electrons. The van der Waals surface area contributed by atoms with Gasteiger partial charge in [0.15, 0.2) is 0 Å². The molecular weight excluding hydrogens is 461 g/mol. The van der Waals surface area contributed by atoms with Crippen LogP contribution in [-0.4, -0.2) is 42.8 Å². The Morgan fingerprint density at radius 1 is 1.18 bits per heavy atom. The molecule has 4 aromatic rings. The number of benzene rings is 2. The van der Waals surface area contributed by atoms with Crippen LogP contribution in [0.5, 0.6) is 0 Å². The van der Waals surface area contributed by atoms with Crippen LogP contribution in [0.1, 0.15) is 22.8 Å². The van der Waals surface area contributed by atoms with Gasteiger partial charge in [-0.05, 0) is 49.7 Å². The predicted molar refractivity (Wildman–Crippen MR) is 127 cm³/mol. The molecule has 0 aliphatic carbocycles. The van der Waals surface area contributed by atoms with Gasteiger partial charge in [0.25, 0.3) is 21.6 Å². The summed E-state index contributed by atoms with van der Waals surface area (Å²) in [5.74, 6) is -1.02. The van der Waals surface area contributed by atoms with Crippen molar-refractivity contribution in [3.63, 3.8) is 0 Å². The fourth-order valence-electron chi connectivity index (χ4n) is 3.62. The first kappa shape index (κ1) is 23.5. The Balaban J connectivity index is 1.89. The van der Waals surface area contributed by atoms with Crippen molar-refractivity contribution in [1.29, 1.82) is 0 Å². The van der Waals surface area contributed by atoms with E-state index in [1.807, 2.05) is 25.1 Å². The number of amides is 1. The minimum absolute atomic E-state index is 0.107. The van der Waals surface area contributed by atoms with Gasteiger partial charge < -0.3 is 5.32 Å². The van der Waals surface area contributed by atoms with Crippen LogP contribution in [0.2, 0.25) is 0 Å². The van der Waals surface area contributed by atoms with E-state index in [2.05, 4.69) is 10.3 Å². The highest BCUT2D eigenvalue weighted by Crippen LogP contribution is 2.23. The molecule has 0 spiro atoms. The molecule has 1 unspecified atom stereocenters. The standard InChI is InChI=1S/C24H22FN3O5S/c1-14-5-4-6-16-11-19-22(27-21(14)16)20(23(29)26-15(2)13-33-34(3,31)32)12-28(24(19)30)18-9-7-17(25)8-10-18/h4-12,15H,13H2,1-3H3,(H,26,29). The number of nitrogens with one attached hydrogen (secondary N) is 1. The van der Waals surface area contributed by atoms with E-state index in [1.54, 1.807) is 13.0 Å². The second-order valence-electron chi connectivity index (χ2n) is 8.09. The monoisotopic (exact) mass is 483 g/mol. The molecule has 2 heterocycles. The zero-order chi connectivity index (χ0) is 24.6. The van der Waals surface area contributed by atoms with E-state index in [9.17, 15) is 22.4 Å². The molecule has 176 valence electrons. The number of hydrogen-bond acceptors (Lipinski definition) is 6. The summed E-state index contributed by atoms with van der Waals surface area (Å²) in [6.07, 6.45) is 2.28. The highest BCUT2D eigenvalue weighted by molar-refractivity contribution is 7.85. The average molecular weight is 484 g/mol. The Morgan fingerprint density at radius 3 is 2.56 bits per heavy atom. The lowest BCUT2D eigenvalue weighted by Crippen LogP contribution is -2.37. The van der Waals surface area contributed by atoms with Gasteiger partial charge in [-0.25, -0.2) is 9.37 Å². The molecule has 0 bridgehead atoms. The van der Waals surface area contributed by atoms with Gasteiger partial charge in [-0.15, -0.1) is 0 Å². The van der Waals surface area contributed by atoms with Crippen molar-refractivity contribution in [3.8, 4) is 5.69 Å². The van der Waals surface area contributed by atoms with Crippen LogP contribution in [0.4, 0.5) is 4.39 Å². The second kappa shape index (κ2) is 8.96. The predicted octanol–water partition coefficient (Wildman–Crippen LogP) is 3.08. The van der Waals surface area contributed by atoms with Crippen LogP contribution < -0.4 is 10.9 Å². The largest absolute Gasteiger partial charge is 0.347 e. The zero-order valence-corrected chi connectivity index (χ0v) is 19.5. The van der Waals surface area contributed by atoms with Gasteiger partial charge in [0.2, 0.25) is 0 Å². The van der Waals surface area contributed by atoms with Crippen LogP contribution in [0.15, 0.2) is 59.5 Å². The number of carbonyl (C=O) groups is 1. The first-order valence-corrected chi connectivity index (χ1v) is 12.2. The number of aromatic nitrogens is 2. The Kier molecular flexibility index (Phi) is 6.20. The fraction of sp³-hybridized carbons (Fsp3) is 0.208. The van der Waals surface area contributed by atoms with E-state index in [1.165, 1.54) is 35.0 Å². The summed E-state index contributed by atoms with van der Waals surface area (Å²) < 4.78 is 42.0. The molecule has 2 aromatic heterocycles. The highest BCUT2D eigenvalue weighted by Gasteiger charge is 2.20. The summed E-state index contributed by atoms with van der Waals surface area (Å²) in [6.45, 7) is 3.22. The molecule has 0 aliphatic heterocycles. The summed E-state index contributed by atoms with van der Waals surface area (Å²) in [4.78, 5) is 31.2. The lowest BCUT2D eigenvalue weighted by Gasteiger charge is -2.16. The molecule has 10 heteroatoms. The fourth-order valence-corrected chi connectivity index (χ4v) is 4.07. The maximum absolute atomic E-state index is 13.5. The lowest BCUT2D eigenvalue weighted by atomic mass is 10.1. The number of para-hydroxylation sites is 1. The first-order chi connectivity index (χ1) is 16.0. The number of halogens is 1. The lowest BCUT2D eigenvalue weighted by molar-refractivity contribution is 0.0928. The number of rotatable bonds is 6. The van der Waals surface area contributed by atoms with E-state index in [4.69, 9.17) is 4.18 Å². The summed E-state index contributed by atoms with van der Waals surface area (Å²) in [5.41, 5.74) is 1.80. The van der Waals surface area contributed by atoms with E-state index < -0.39 is 33.4 Å². The van der Waals surface area contributed by atoms with Crippen molar-refractivity contribution in [2.45, 2.75) is 19.9 Å². The molecule has 34 heavy (non-hydrogen) atoms. The molecule has 1 amide bonds. The Hall–Kier alpha value is -3.63. The summed E-state index contributed by atoms with van der Waals surface area (Å²) in [6, 6.07) is 11.9. The quantitative estimate of drug-likeness (QED) is 0.334. The van der Waals surface area contributed by atoms with Gasteiger partial charge in [-0.2, -0.15) is 8.42 Å². The van der Waals surface area contributed by atoms with Crippen molar-refractivity contribution in [3.05, 3.63) is 82.0 Å². The maximum Gasteiger partial charge on any atom is 0.264 e. The topological polar surface area (TPSA) is 107 Å². The number of pyridine rings is 2. The molecule has 1 atom stereocenters. The van der Waals surface area contributed by atoms with Gasteiger partial charge in [0.05, 0.1) is 40.9 Å². The van der Waals surface area contributed by atoms with Crippen LogP contribution in [0.3, 0.4) is 0 Å². The van der Waals surface area contributed by atoms with Crippen LogP contribution in [-0.2, 0) is 14.3 Å². The SMILES string of the molecule is Cc1cccc2cc3c(=O)n(-c4ccc(F)cc4)cc(C(=O)NC(C)COS(C)(=O)=O)c3nc12. The van der Waals surface area contributed by atoms with Gasteiger partial charge in [0.1, 0.15) is 5.82 Å². The summed E-state index contributed by atoms with van der Waals surface area (Å²) in [5, 5.41) is 3.64. The normalized spacial score (nSPS) is 12.7. The minimum atomic E-state index is -3.67. The maximum atomic E-state index is 13.5. The molecule has 0 saturated carbocycles. The average Bonchev–Trinajstić information content (AvgIpc) is 2.78. The Morgan fingerprint density at radius 2 is 1.88 bits per heavy atom. The smallest absolute Gasteiger partial charge is 0.264 e. The number of hydrogen-bond donors (Lipinski definition) is 1. The summed E-state index contributed by atoms with van der Waals surface area (Å²) in [7, 11) is -3.67. The van der Waals surface area contributed by atoms with Crippen LogP contribution >= 0.6 is 0 Å². The number of nitrogens with zero attached hydrogens (tertiary/aromatic N) is 2. The van der Waals surface area contributed by atoms with Crippen molar-refractivity contribution < 1.29 is 21.8 Å². The van der Waals surface area contributed by atoms with Crippen LogP contribution in [0.25, 0.3) is 27.5 Å². The van der Waals surface area contributed by atoms with E-state index in [0.717, 1.165) is 17.2 Å². The number of fused-ring (bicyclic) bond motifs is 2. The third-order valence-electron chi connectivity index (χ3n) is 5.27. The zero-order valence-electron chi connectivity index (χ0n) is 18.7. The van der Waals surface area contributed by atoms with Crippen molar-refractivity contribution in [2.75, 3.05) is 12.9 Å². The Bertz CT molecular complexity index is 1580. The Labute approximate surface area is 195 Å². The third-order valence-corrected chi connectivity index (χ3v) is 5.83. The van der Waals surface area contributed by atoms with Crippen molar-refractivity contribution in [2.24, 2.45) is 0 Å². The van der Waals surface area contributed by atoms with E-state index in [0.29, 0.717) is 11.2 Å². The van der Waals surface area contributed by atoms with Crippen molar-refractivity contribution in [1.82, 2.24) is 14.9 Å². The highest BCUT2D eigenvalue weighted by atomic mass is 32.2. The van der Waals surface area contributed by atoms with Crippen molar-refractivity contribution >= 4 is 37.8 Å². The number of aryl methyl sites for hydroxylation is 1. The van der Waals surface area contributed by atoms with Gasteiger partial charge in [-0.1, -0.05) is 18.2 Å². The van der Waals surface area contributed by atoms with Gasteiger partial charge in [0, 0.05) is 17.3 Å².